The summed E-state index contributed by atoms with van der Waals surface area (Å²) in [5, 5.41) is 15.5. The van der Waals surface area contributed by atoms with Gasteiger partial charge in [0.15, 0.2) is 0 Å². The van der Waals surface area contributed by atoms with Crippen LogP contribution in [0.4, 0.5) is 10.1 Å². The molecule has 0 aliphatic heterocycles. The van der Waals surface area contributed by atoms with Crippen LogP contribution < -0.4 is 10.9 Å². The van der Waals surface area contributed by atoms with Crippen molar-refractivity contribution in [2.24, 2.45) is 7.05 Å². The molecule has 134 valence electrons. The van der Waals surface area contributed by atoms with E-state index >= 15 is 0 Å². The first kappa shape index (κ1) is 18.0. The second kappa shape index (κ2) is 7.62. The average molecular weight is 362 g/mol. The average Bonchev–Trinajstić information content (AvgIpc) is 2.65. The van der Waals surface area contributed by atoms with Gasteiger partial charge in [0.05, 0.1) is 11.6 Å². The maximum absolute atomic E-state index is 13.5. The van der Waals surface area contributed by atoms with E-state index in [4.69, 9.17) is 5.26 Å². The summed E-state index contributed by atoms with van der Waals surface area (Å²) in [7, 11) is 1.47. The fourth-order valence-corrected chi connectivity index (χ4v) is 2.58. The first-order chi connectivity index (χ1) is 12.9. The zero-order valence-corrected chi connectivity index (χ0v) is 14.4. The van der Waals surface area contributed by atoms with Crippen molar-refractivity contribution in [2.45, 2.75) is 6.42 Å². The Bertz CT molecular complexity index is 1100. The maximum atomic E-state index is 13.5. The zero-order chi connectivity index (χ0) is 19.4. The number of aryl methyl sites for hydroxylation is 1. The number of rotatable bonds is 4. The Morgan fingerprint density at radius 2 is 1.89 bits per heavy atom. The van der Waals surface area contributed by atoms with Crippen molar-refractivity contribution in [2.75, 3.05) is 5.32 Å². The Balaban J connectivity index is 1.71. The van der Waals surface area contributed by atoms with Crippen LogP contribution in [0.2, 0.25) is 0 Å². The fourth-order valence-electron chi connectivity index (χ4n) is 2.58. The smallest absolute Gasteiger partial charge is 0.276 e. The number of nitrogens with one attached hydrogen (secondary N) is 1. The summed E-state index contributed by atoms with van der Waals surface area (Å²) >= 11 is 0. The van der Waals surface area contributed by atoms with Gasteiger partial charge in [-0.1, -0.05) is 12.1 Å². The van der Waals surface area contributed by atoms with Crippen LogP contribution in [-0.4, -0.2) is 15.7 Å². The molecule has 0 saturated heterocycles. The summed E-state index contributed by atoms with van der Waals surface area (Å²) in [4.78, 5) is 23.5. The highest BCUT2D eigenvalue weighted by Crippen LogP contribution is 2.16. The molecule has 0 aliphatic carbocycles. The molecule has 0 spiro atoms. The van der Waals surface area contributed by atoms with Crippen molar-refractivity contribution in [1.29, 1.82) is 5.26 Å². The fraction of sp³-hybridized carbons (Fsp3) is 0.100. The summed E-state index contributed by atoms with van der Waals surface area (Å²) in [6, 6.07) is 15.9. The van der Waals surface area contributed by atoms with E-state index in [2.05, 4.69) is 10.4 Å². The van der Waals surface area contributed by atoms with E-state index in [0.29, 0.717) is 17.7 Å². The minimum Gasteiger partial charge on any atom is -0.321 e. The van der Waals surface area contributed by atoms with Crippen molar-refractivity contribution in [1.82, 2.24) is 9.78 Å². The van der Waals surface area contributed by atoms with Crippen molar-refractivity contribution in [3.63, 3.8) is 0 Å². The lowest BCUT2D eigenvalue weighted by Crippen LogP contribution is -2.23. The number of halogens is 1. The van der Waals surface area contributed by atoms with Crippen LogP contribution in [0.5, 0.6) is 0 Å². The molecular weight excluding hydrogens is 347 g/mol. The molecule has 0 aliphatic rings. The maximum Gasteiger partial charge on any atom is 0.276 e. The van der Waals surface area contributed by atoms with Gasteiger partial charge in [0.25, 0.3) is 11.5 Å². The molecule has 6 nitrogen and oxygen atoms in total. The van der Waals surface area contributed by atoms with E-state index in [1.807, 2.05) is 6.07 Å². The quantitative estimate of drug-likeness (QED) is 0.773. The summed E-state index contributed by atoms with van der Waals surface area (Å²) in [5.74, 6) is -0.875. The molecule has 1 amide bonds. The Kier molecular flexibility index (Phi) is 5.08. The predicted molar refractivity (Wildman–Crippen MR) is 97.8 cm³/mol. The highest BCUT2D eigenvalue weighted by Gasteiger charge is 2.09. The van der Waals surface area contributed by atoms with Crippen LogP contribution in [0.15, 0.2) is 59.4 Å². The molecule has 0 radical (unpaired) electrons. The molecule has 1 aromatic heterocycles. The van der Waals surface area contributed by atoms with Crippen LogP contribution in [0.1, 0.15) is 27.2 Å². The van der Waals surface area contributed by atoms with Gasteiger partial charge >= 0.3 is 0 Å². The van der Waals surface area contributed by atoms with Crippen molar-refractivity contribution in [3.05, 3.63) is 93.2 Å². The molecule has 0 bridgehead atoms. The number of nitriles is 1. The first-order valence-corrected chi connectivity index (χ1v) is 8.09. The molecular formula is C20H15FN4O2. The number of hydrogen-bond acceptors (Lipinski definition) is 4. The molecule has 3 aromatic rings. The Morgan fingerprint density at radius 1 is 1.15 bits per heavy atom. The molecule has 3 rings (SSSR count). The minimum absolute atomic E-state index is 0.130. The van der Waals surface area contributed by atoms with E-state index < -0.39 is 11.7 Å². The standard InChI is InChI=1S/C20H15FN4O2/c1-25-19(26)7-6-18(24-25)20(27)23-17-4-2-13(3-5-17)8-14-9-15(12-22)11-16(21)10-14/h2-7,9-11H,8H2,1H3,(H,23,27). The summed E-state index contributed by atoms with van der Waals surface area (Å²) in [6.45, 7) is 0. The zero-order valence-electron chi connectivity index (χ0n) is 14.4. The molecule has 0 saturated carbocycles. The third-order valence-corrected chi connectivity index (χ3v) is 3.90. The van der Waals surface area contributed by atoms with Gasteiger partial charge in [-0.25, -0.2) is 9.07 Å². The number of benzene rings is 2. The van der Waals surface area contributed by atoms with E-state index in [1.54, 1.807) is 30.3 Å². The molecule has 0 fully saturated rings. The second-order valence-electron chi connectivity index (χ2n) is 5.97. The predicted octanol–water partition coefficient (Wildman–Crippen LogP) is 2.63. The summed E-state index contributed by atoms with van der Waals surface area (Å²) < 4.78 is 14.6. The van der Waals surface area contributed by atoms with Gasteiger partial charge < -0.3 is 5.32 Å². The molecule has 0 unspecified atom stereocenters. The summed E-state index contributed by atoms with van der Waals surface area (Å²) in [5.41, 5.74) is 2.27. The highest BCUT2D eigenvalue weighted by atomic mass is 19.1. The first-order valence-electron chi connectivity index (χ1n) is 8.09. The molecule has 0 atom stereocenters. The van der Waals surface area contributed by atoms with Gasteiger partial charge in [0, 0.05) is 18.8 Å². The topological polar surface area (TPSA) is 87.8 Å². The number of anilines is 1. The number of amides is 1. The van der Waals surface area contributed by atoms with Gasteiger partial charge in [-0.05, 0) is 53.9 Å². The van der Waals surface area contributed by atoms with Crippen molar-refractivity contribution >= 4 is 11.6 Å². The van der Waals surface area contributed by atoms with E-state index in [9.17, 15) is 14.0 Å². The molecule has 1 N–H and O–H groups in total. The van der Waals surface area contributed by atoms with Gasteiger partial charge in [0.1, 0.15) is 11.5 Å². The highest BCUT2D eigenvalue weighted by molar-refractivity contribution is 6.02. The molecule has 2 aromatic carbocycles. The third-order valence-electron chi connectivity index (χ3n) is 3.90. The third kappa shape index (κ3) is 4.44. The van der Waals surface area contributed by atoms with Crippen LogP contribution in [0.25, 0.3) is 0 Å². The van der Waals surface area contributed by atoms with Crippen LogP contribution >= 0.6 is 0 Å². The minimum atomic E-state index is -0.447. The van der Waals surface area contributed by atoms with Crippen molar-refractivity contribution < 1.29 is 9.18 Å². The lowest BCUT2D eigenvalue weighted by Gasteiger charge is -2.07. The molecule has 1 heterocycles. The Morgan fingerprint density at radius 3 is 2.56 bits per heavy atom. The van der Waals surface area contributed by atoms with E-state index in [1.165, 1.54) is 31.3 Å². The Labute approximate surface area is 154 Å². The summed E-state index contributed by atoms with van der Waals surface area (Å²) in [6.07, 6.45) is 0.461. The number of carbonyl (C=O) groups excluding carboxylic acids is 1. The largest absolute Gasteiger partial charge is 0.321 e. The van der Waals surface area contributed by atoms with Gasteiger partial charge in [-0.15, -0.1) is 0 Å². The SMILES string of the molecule is Cn1nc(C(=O)Nc2ccc(Cc3cc(F)cc(C#N)c3)cc2)ccc1=O. The lowest BCUT2D eigenvalue weighted by atomic mass is 10.0. The number of aromatic nitrogens is 2. The van der Waals surface area contributed by atoms with E-state index in [-0.39, 0.29) is 16.8 Å². The Hall–Kier alpha value is -3.79. The lowest BCUT2D eigenvalue weighted by molar-refractivity contribution is 0.102. The van der Waals surface area contributed by atoms with Gasteiger partial charge in [0.2, 0.25) is 0 Å². The van der Waals surface area contributed by atoms with Crippen LogP contribution in [-0.2, 0) is 13.5 Å². The van der Waals surface area contributed by atoms with E-state index in [0.717, 1.165) is 10.2 Å². The van der Waals surface area contributed by atoms with Crippen LogP contribution in [0.3, 0.4) is 0 Å². The van der Waals surface area contributed by atoms with Crippen LogP contribution in [0, 0.1) is 17.1 Å². The second-order valence-corrected chi connectivity index (χ2v) is 5.97. The normalized spacial score (nSPS) is 10.3. The number of carbonyl (C=O) groups is 1. The van der Waals surface area contributed by atoms with Crippen molar-refractivity contribution in [3.8, 4) is 6.07 Å². The van der Waals surface area contributed by atoms with Gasteiger partial charge in [-0.2, -0.15) is 10.4 Å². The molecule has 27 heavy (non-hydrogen) atoms. The number of hydrogen-bond donors (Lipinski definition) is 1. The van der Waals surface area contributed by atoms with Gasteiger partial charge in [-0.3, -0.25) is 9.59 Å². The number of nitrogens with zero attached hydrogens (tertiary/aromatic N) is 3. The molecule has 7 heteroatoms. The monoisotopic (exact) mass is 362 g/mol.